The van der Waals surface area contributed by atoms with Crippen molar-refractivity contribution in [1.82, 2.24) is 10.2 Å². The molecule has 2 nitrogen and oxygen atoms in total. The third-order valence-electron chi connectivity index (χ3n) is 4.72. The highest BCUT2D eigenvalue weighted by Crippen LogP contribution is 2.28. The SMILES string of the molecule is CCCNCC1CCN(C2Cc3ccccc3C2)C1. The highest BCUT2D eigenvalue weighted by Gasteiger charge is 2.31. The Balaban J connectivity index is 1.50. The van der Waals surface area contributed by atoms with Gasteiger partial charge in [-0.15, -0.1) is 0 Å². The Hall–Kier alpha value is -0.860. The first-order valence-corrected chi connectivity index (χ1v) is 7.88. The summed E-state index contributed by atoms with van der Waals surface area (Å²) in [7, 11) is 0. The van der Waals surface area contributed by atoms with Gasteiger partial charge in [-0.2, -0.15) is 0 Å². The van der Waals surface area contributed by atoms with E-state index in [4.69, 9.17) is 0 Å². The van der Waals surface area contributed by atoms with Gasteiger partial charge < -0.3 is 5.32 Å². The van der Waals surface area contributed by atoms with Crippen molar-refractivity contribution in [2.24, 2.45) is 5.92 Å². The number of fused-ring (bicyclic) bond motifs is 1. The van der Waals surface area contributed by atoms with E-state index in [9.17, 15) is 0 Å². The molecule has 0 radical (unpaired) electrons. The van der Waals surface area contributed by atoms with Gasteiger partial charge in [0.1, 0.15) is 0 Å². The highest BCUT2D eigenvalue weighted by atomic mass is 15.2. The lowest BCUT2D eigenvalue weighted by Gasteiger charge is -2.23. The van der Waals surface area contributed by atoms with E-state index in [1.807, 2.05) is 0 Å². The smallest absolute Gasteiger partial charge is 0.0176 e. The molecule has 1 aliphatic carbocycles. The highest BCUT2D eigenvalue weighted by molar-refractivity contribution is 5.33. The summed E-state index contributed by atoms with van der Waals surface area (Å²) in [4.78, 5) is 2.73. The predicted octanol–water partition coefficient (Wildman–Crippen LogP) is 2.48. The van der Waals surface area contributed by atoms with Gasteiger partial charge in [0, 0.05) is 12.6 Å². The molecule has 2 aliphatic rings. The van der Waals surface area contributed by atoms with Gasteiger partial charge in [0.25, 0.3) is 0 Å². The molecule has 1 aliphatic heterocycles. The Morgan fingerprint density at radius 2 is 1.95 bits per heavy atom. The molecule has 1 fully saturated rings. The minimum atomic E-state index is 0.772. The maximum absolute atomic E-state index is 3.58. The third-order valence-corrected chi connectivity index (χ3v) is 4.72. The molecule has 0 amide bonds. The minimum Gasteiger partial charge on any atom is -0.316 e. The van der Waals surface area contributed by atoms with Gasteiger partial charge >= 0.3 is 0 Å². The molecular formula is C17H26N2. The van der Waals surface area contributed by atoms with E-state index in [-0.39, 0.29) is 0 Å². The zero-order valence-corrected chi connectivity index (χ0v) is 12.1. The lowest BCUT2D eigenvalue weighted by Crippen LogP contribution is -2.35. The first kappa shape index (κ1) is 13.1. The van der Waals surface area contributed by atoms with E-state index in [0.29, 0.717) is 0 Å². The molecule has 3 rings (SSSR count). The summed E-state index contributed by atoms with van der Waals surface area (Å²) in [5.41, 5.74) is 3.17. The van der Waals surface area contributed by atoms with Crippen LogP contribution in [0.2, 0.25) is 0 Å². The van der Waals surface area contributed by atoms with Gasteiger partial charge in [-0.1, -0.05) is 31.2 Å². The first-order chi connectivity index (χ1) is 9.36. The summed E-state index contributed by atoms with van der Waals surface area (Å²) in [5, 5.41) is 3.58. The van der Waals surface area contributed by atoms with Gasteiger partial charge in [-0.05, 0) is 62.4 Å². The number of benzene rings is 1. The van der Waals surface area contributed by atoms with Gasteiger partial charge in [-0.3, -0.25) is 4.90 Å². The molecule has 1 atom stereocenters. The molecule has 0 bridgehead atoms. The number of nitrogens with one attached hydrogen (secondary N) is 1. The minimum absolute atomic E-state index is 0.772. The van der Waals surface area contributed by atoms with Gasteiger partial charge in [0.15, 0.2) is 0 Å². The fourth-order valence-corrected chi connectivity index (χ4v) is 3.64. The molecule has 1 saturated heterocycles. The Morgan fingerprint density at radius 1 is 1.21 bits per heavy atom. The van der Waals surface area contributed by atoms with E-state index >= 15 is 0 Å². The first-order valence-electron chi connectivity index (χ1n) is 7.88. The number of likely N-dealkylation sites (tertiary alicyclic amines) is 1. The van der Waals surface area contributed by atoms with Crippen molar-refractivity contribution in [2.75, 3.05) is 26.2 Å². The second-order valence-corrected chi connectivity index (χ2v) is 6.18. The average molecular weight is 258 g/mol. The average Bonchev–Trinajstić information content (AvgIpc) is 3.04. The normalized spacial score (nSPS) is 23.9. The summed E-state index contributed by atoms with van der Waals surface area (Å²) in [6.45, 7) is 7.23. The van der Waals surface area contributed by atoms with Crippen LogP contribution in [0.15, 0.2) is 24.3 Å². The molecule has 2 heteroatoms. The maximum Gasteiger partial charge on any atom is 0.0176 e. The van der Waals surface area contributed by atoms with Crippen LogP contribution in [-0.2, 0) is 12.8 Å². The topological polar surface area (TPSA) is 15.3 Å². The number of rotatable bonds is 5. The molecule has 0 saturated carbocycles. The molecule has 0 aromatic heterocycles. The van der Waals surface area contributed by atoms with Crippen LogP contribution in [0.4, 0.5) is 0 Å². The Morgan fingerprint density at radius 3 is 2.63 bits per heavy atom. The van der Waals surface area contributed by atoms with Crippen LogP contribution in [0.5, 0.6) is 0 Å². The van der Waals surface area contributed by atoms with Crippen molar-refractivity contribution >= 4 is 0 Å². The van der Waals surface area contributed by atoms with Crippen LogP contribution in [0.1, 0.15) is 30.9 Å². The molecule has 0 spiro atoms. The Labute approximate surface area is 117 Å². The zero-order valence-electron chi connectivity index (χ0n) is 12.1. The quantitative estimate of drug-likeness (QED) is 0.816. The van der Waals surface area contributed by atoms with E-state index < -0.39 is 0 Å². The molecule has 104 valence electrons. The number of hydrogen-bond acceptors (Lipinski definition) is 2. The van der Waals surface area contributed by atoms with E-state index in [0.717, 1.165) is 12.0 Å². The lowest BCUT2D eigenvalue weighted by atomic mass is 10.1. The van der Waals surface area contributed by atoms with Crippen molar-refractivity contribution in [2.45, 2.75) is 38.6 Å². The van der Waals surface area contributed by atoms with Crippen molar-refractivity contribution in [3.8, 4) is 0 Å². The van der Waals surface area contributed by atoms with Crippen molar-refractivity contribution in [1.29, 1.82) is 0 Å². The van der Waals surface area contributed by atoms with Gasteiger partial charge in [0.05, 0.1) is 0 Å². The second kappa shape index (κ2) is 6.06. The van der Waals surface area contributed by atoms with E-state index in [1.54, 1.807) is 11.1 Å². The summed E-state index contributed by atoms with van der Waals surface area (Å²) in [5.74, 6) is 0.871. The molecule has 1 aromatic carbocycles. The standard InChI is InChI=1S/C17H26N2/c1-2-8-18-12-14-7-9-19(13-14)17-10-15-5-3-4-6-16(15)11-17/h3-6,14,17-18H,2,7-13H2,1H3. The van der Waals surface area contributed by atoms with Gasteiger partial charge in [0.2, 0.25) is 0 Å². The Kier molecular flexibility index (Phi) is 4.19. The zero-order chi connectivity index (χ0) is 13.1. The van der Waals surface area contributed by atoms with Crippen LogP contribution in [0, 0.1) is 5.92 Å². The fraction of sp³-hybridized carbons (Fsp3) is 0.647. The largest absolute Gasteiger partial charge is 0.316 e. The summed E-state index contributed by atoms with van der Waals surface area (Å²) >= 11 is 0. The molecular weight excluding hydrogens is 232 g/mol. The van der Waals surface area contributed by atoms with Crippen LogP contribution in [0.3, 0.4) is 0 Å². The van der Waals surface area contributed by atoms with Crippen LogP contribution in [-0.4, -0.2) is 37.1 Å². The van der Waals surface area contributed by atoms with Crippen molar-refractivity contribution in [3.63, 3.8) is 0 Å². The van der Waals surface area contributed by atoms with E-state index in [2.05, 4.69) is 41.4 Å². The number of nitrogens with zero attached hydrogens (tertiary/aromatic N) is 1. The predicted molar refractivity (Wildman–Crippen MR) is 80.5 cm³/mol. The monoisotopic (exact) mass is 258 g/mol. The molecule has 1 aromatic rings. The molecule has 1 unspecified atom stereocenters. The molecule has 1 N–H and O–H groups in total. The molecule has 19 heavy (non-hydrogen) atoms. The summed E-state index contributed by atoms with van der Waals surface area (Å²) in [6, 6.07) is 9.76. The number of hydrogen-bond donors (Lipinski definition) is 1. The Bertz CT molecular complexity index is 390. The fourth-order valence-electron chi connectivity index (χ4n) is 3.64. The molecule has 1 heterocycles. The summed E-state index contributed by atoms with van der Waals surface area (Å²) in [6.07, 6.45) is 5.16. The van der Waals surface area contributed by atoms with Gasteiger partial charge in [-0.25, -0.2) is 0 Å². The van der Waals surface area contributed by atoms with E-state index in [1.165, 1.54) is 51.9 Å². The van der Waals surface area contributed by atoms with Crippen molar-refractivity contribution < 1.29 is 0 Å². The van der Waals surface area contributed by atoms with Crippen LogP contribution >= 0.6 is 0 Å². The maximum atomic E-state index is 3.58. The van der Waals surface area contributed by atoms with Crippen LogP contribution in [0.25, 0.3) is 0 Å². The second-order valence-electron chi connectivity index (χ2n) is 6.18. The van der Waals surface area contributed by atoms with Crippen LogP contribution < -0.4 is 5.32 Å². The third kappa shape index (κ3) is 3.01. The van der Waals surface area contributed by atoms with Crippen molar-refractivity contribution in [3.05, 3.63) is 35.4 Å². The summed E-state index contributed by atoms with van der Waals surface area (Å²) < 4.78 is 0. The lowest BCUT2D eigenvalue weighted by molar-refractivity contribution is 0.240.